The van der Waals surface area contributed by atoms with Gasteiger partial charge in [-0.3, -0.25) is 9.59 Å². The van der Waals surface area contributed by atoms with E-state index in [1.165, 1.54) is 7.11 Å². The molecule has 0 N–H and O–H groups in total. The highest BCUT2D eigenvalue weighted by Gasteiger charge is 2.22. The molecule has 1 unspecified atom stereocenters. The van der Waals surface area contributed by atoms with Gasteiger partial charge >= 0.3 is 11.9 Å². The smallest absolute Gasteiger partial charge is 0.313 e. The van der Waals surface area contributed by atoms with E-state index in [-0.39, 0.29) is 24.5 Å². The third-order valence-electron chi connectivity index (χ3n) is 2.69. The van der Waals surface area contributed by atoms with Crippen molar-refractivity contribution in [2.75, 3.05) is 7.11 Å². The summed E-state index contributed by atoms with van der Waals surface area (Å²) in [5, 5.41) is 0. The summed E-state index contributed by atoms with van der Waals surface area (Å²) in [6.45, 7) is 3.60. The van der Waals surface area contributed by atoms with E-state index >= 15 is 0 Å². The van der Waals surface area contributed by atoms with E-state index in [0.29, 0.717) is 6.42 Å². The molecular formula is C15H20O4. The van der Waals surface area contributed by atoms with Gasteiger partial charge in [0.25, 0.3) is 0 Å². The Hall–Kier alpha value is -1.84. The summed E-state index contributed by atoms with van der Waals surface area (Å²) >= 11 is 0. The van der Waals surface area contributed by atoms with Crippen molar-refractivity contribution in [3.63, 3.8) is 0 Å². The molecule has 0 spiro atoms. The highest BCUT2D eigenvalue weighted by Crippen LogP contribution is 2.23. The van der Waals surface area contributed by atoms with Crippen LogP contribution >= 0.6 is 0 Å². The van der Waals surface area contributed by atoms with Crippen LogP contribution in [0.1, 0.15) is 38.2 Å². The topological polar surface area (TPSA) is 52.6 Å². The minimum atomic E-state index is -0.425. The predicted octanol–water partition coefficient (Wildman–Crippen LogP) is 2.68. The number of carbonyl (C=O) groups is 2. The van der Waals surface area contributed by atoms with Crippen LogP contribution < -0.4 is 0 Å². The Morgan fingerprint density at radius 1 is 1.16 bits per heavy atom. The van der Waals surface area contributed by atoms with Crippen LogP contribution in [0, 0.1) is 0 Å². The first-order valence-electron chi connectivity index (χ1n) is 6.36. The highest BCUT2D eigenvalue weighted by molar-refractivity contribution is 5.79. The fraction of sp³-hybridized carbons (Fsp3) is 0.467. The summed E-state index contributed by atoms with van der Waals surface area (Å²) in [4.78, 5) is 23.3. The molecule has 1 aromatic rings. The van der Waals surface area contributed by atoms with Gasteiger partial charge < -0.3 is 9.47 Å². The lowest BCUT2D eigenvalue weighted by atomic mass is 9.94. The molecule has 19 heavy (non-hydrogen) atoms. The minimum Gasteiger partial charge on any atom is -0.469 e. The molecule has 0 aromatic heterocycles. The maximum Gasteiger partial charge on any atom is 0.313 e. The standard InChI is InChI=1S/C15H20O4/c1-11(2)19-14(16)10-9-13(15(17)18-3)12-7-5-4-6-8-12/h4-8,11,13H,9-10H2,1-3H3. The SMILES string of the molecule is COC(=O)C(CCC(=O)OC(C)C)c1ccccc1. The van der Waals surface area contributed by atoms with Gasteiger partial charge in [0.05, 0.1) is 19.1 Å². The molecule has 104 valence electrons. The molecule has 1 atom stereocenters. The molecule has 0 aliphatic carbocycles. The van der Waals surface area contributed by atoms with Gasteiger partial charge in [0, 0.05) is 6.42 Å². The first-order valence-corrected chi connectivity index (χ1v) is 6.36. The van der Waals surface area contributed by atoms with Crippen LogP contribution in [0.3, 0.4) is 0 Å². The van der Waals surface area contributed by atoms with Crippen LogP contribution in [0.15, 0.2) is 30.3 Å². The number of hydrogen-bond donors (Lipinski definition) is 0. The normalized spacial score (nSPS) is 12.0. The summed E-state index contributed by atoms with van der Waals surface area (Å²) < 4.78 is 9.85. The fourth-order valence-corrected chi connectivity index (χ4v) is 1.83. The summed E-state index contributed by atoms with van der Waals surface area (Å²) in [5.41, 5.74) is 0.853. The van der Waals surface area contributed by atoms with E-state index in [9.17, 15) is 9.59 Å². The van der Waals surface area contributed by atoms with Crippen molar-refractivity contribution < 1.29 is 19.1 Å². The number of ether oxygens (including phenoxy) is 2. The molecule has 0 saturated heterocycles. The van der Waals surface area contributed by atoms with Crippen LogP contribution in [0.25, 0.3) is 0 Å². The van der Waals surface area contributed by atoms with E-state index in [1.807, 2.05) is 30.3 Å². The van der Waals surface area contributed by atoms with Crippen molar-refractivity contribution in [1.82, 2.24) is 0 Å². The fourth-order valence-electron chi connectivity index (χ4n) is 1.83. The van der Waals surface area contributed by atoms with Crippen molar-refractivity contribution >= 4 is 11.9 Å². The Bertz CT molecular complexity index is 411. The Kier molecular flexibility index (Phi) is 6.06. The second-order valence-electron chi connectivity index (χ2n) is 4.56. The summed E-state index contributed by atoms with van der Waals surface area (Å²) in [7, 11) is 1.35. The summed E-state index contributed by atoms with van der Waals surface area (Å²) in [6, 6.07) is 9.31. The molecule has 0 amide bonds. The van der Waals surface area contributed by atoms with Gasteiger partial charge in [-0.15, -0.1) is 0 Å². The van der Waals surface area contributed by atoms with Crippen LogP contribution in [0.5, 0.6) is 0 Å². The monoisotopic (exact) mass is 264 g/mol. The number of esters is 2. The molecule has 0 aliphatic rings. The third kappa shape index (κ3) is 5.12. The third-order valence-corrected chi connectivity index (χ3v) is 2.69. The van der Waals surface area contributed by atoms with Crippen molar-refractivity contribution in [3.05, 3.63) is 35.9 Å². The number of hydrogen-bond acceptors (Lipinski definition) is 4. The van der Waals surface area contributed by atoms with Crippen molar-refractivity contribution in [2.45, 2.75) is 38.7 Å². The second-order valence-corrected chi connectivity index (χ2v) is 4.56. The predicted molar refractivity (Wildman–Crippen MR) is 71.7 cm³/mol. The molecule has 0 heterocycles. The van der Waals surface area contributed by atoms with Crippen LogP contribution in [0.2, 0.25) is 0 Å². The second kappa shape index (κ2) is 7.56. The zero-order chi connectivity index (χ0) is 14.3. The van der Waals surface area contributed by atoms with E-state index in [4.69, 9.17) is 9.47 Å². The number of carbonyl (C=O) groups excluding carboxylic acids is 2. The molecule has 0 radical (unpaired) electrons. The molecule has 0 bridgehead atoms. The highest BCUT2D eigenvalue weighted by atomic mass is 16.5. The van der Waals surface area contributed by atoms with Gasteiger partial charge in [0.2, 0.25) is 0 Å². The van der Waals surface area contributed by atoms with Gasteiger partial charge in [-0.2, -0.15) is 0 Å². The molecule has 0 fully saturated rings. The Morgan fingerprint density at radius 3 is 2.32 bits per heavy atom. The molecule has 1 rings (SSSR count). The molecule has 0 aliphatic heterocycles. The Labute approximate surface area is 113 Å². The number of benzene rings is 1. The maximum absolute atomic E-state index is 11.8. The molecule has 1 aromatic carbocycles. The zero-order valence-corrected chi connectivity index (χ0v) is 11.6. The quantitative estimate of drug-likeness (QED) is 0.741. The summed E-state index contributed by atoms with van der Waals surface area (Å²) in [6.07, 6.45) is 0.454. The van der Waals surface area contributed by atoms with Crippen LogP contribution in [-0.2, 0) is 19.1 Å². The van der Waals surface area contributed by atoms with E-state index in [1.54, 1.807) is 13.8 Å². The van der Waals surface area contributed by atoms with E-state index in [2.05, 4.69) is 0 Å². The molecular weight excluding hydrogens is 244 g/mol. The van der Waals surface area contributed by atoms with Crippen molar-refractivity contribution in [1.29, 1.82) is 0 Å². The van der Waals surface area contributed by atoms with Gasteiger partial charge in [-0.05, 0) is 25.8 Å². The number of methoxy groups -OCH3 is 1. The van der Waals surface area contributed by atoms with Crippen LogP contribution in [-0.4, -0.2) is 25.2 Å². The van der Waals surface area contributed by atoms with Gasteiger partial charge in [0.15, 0.2) is 0 Å². The van der Waals surface area contributed by atoms with E-state index < -0.39 is 5.92 Å². The zero-order valence-electron chi connectivity index (χ0n) is 11.6. The van der Waals surface area contributed by atoms with Crippen molar-refractivity contribution in [2.24, 2.45) is 0 Å². The van der Waals surface area contributed by atoms with Gasteiger partial charge in [0.1, 0.15) is 0 Å². The van der Waals surface area contributed by atoms with Crippen LogP contribution in [0.4, 0.5) is 0 Å². The average molecular weight is 264 g/mol. The Morgan fingerprint density at radius 2 is 1.79 bits per heavy atom. The van der Waals surface area contributed by atoms with Gasteiger partial charge in [-0.25, -0.2) is 0 Å². The first-order chi connectivity index (χ1) is 9.04. The maximum atomic E-state index is 11.8. The first kappa shape index (κ1) is 15.2. The van der Waals surface area contributed by atoms with E-state index in [0.717, 1.165) is 5.56 Å². The minimum absolute atomic E-state index is 0.138. The summed E-state index contributed by atoms with van der Waals surface area (Å²) in [5.74, 6) is -1.05. The molecule has 0 saturated carbocycles. The molecule has 4 nitrogen and oxygen atoms in total. The van der Waals surface area contributed by atoms with Crippen molar-refractivity contribution in [3.8, 4) is 0 Å². The lowest BCUT2D eigenvalue weighted by Crippen LogP contribution is -2.17. The largest absolute Gasteiger partial charge is 0.469 e. The Balaban J connectivity index is 2.67. The lowest BCUT2D eigenvalue weighted by molar-refractivity contribution is -0.148. The lowest BCUT2D eigenvalue weighted by Gasteiger charge is -2.15. The van der Waals surface area contributed by atoms with Gasteiger partial charge in [-0.1, -0.05) is 30.3 Å². The number of rotatable bonds is 6. The molecule has 4 heteroatoms. The average Bonchev–Trinajstić information content (AvgIpc) is 2.39.